The summed E-state index contributed by atoms with van der Waals surface area (Å²) in [7, 11) is -1.77. The van der Waals surface area contributed by atoms with Crippen LogP contribution in [0.1, 0.15) is 5.56 Å². The van der Waals surface area contributed by atoms with Crippen molar-refractivity contribution in [2.24, 2.45) is 0 Å². The molecule has 0 aliphatic rings. The predicted molar refractivity (Wildman–Crippen MR) is 44.0 cm³/mol. The van der Waals surface area contributed by atoms with Crippen molar-refractivity contribution in [2.45, 2.75) is 6.61 Å². The van der Waals surface area contributed by atoms with Gasteiger partial charge in [0.25, 0.3) is 0 Å². The average molecular weight is 184 g/mol. The standard InChI is InChI=1S/C7H9BO5/c9-8(12-10)13-11-6-7-4-2-1-3-5-7/h1-5,9-10H,6H2. The van der Waals surface area contributed by atoms with E-state index in [2.05, 4.69) is 14.5 Å². The van der Waals surface area contributed by atoms with Gasteiger partial charge in [0, 0.05) is 0 Å². The summed E-state index contributed by atoms with van der Waals surface area (Å²) in [6.45, 7) is 0.168. The van der Waals surface area contributed by atoms with Crippen LogP contribution in [0.15, 0.2) is 30.3 Å². The van der Waals surface area contributed by atoms with Crippen molar-refractivity contribution in [1.82, 2.24) is 0 Å². The SMILES string of the molecule is OOB(O)OOCc1ccccc1. The number of hydrogen-bond donors (Lipinski definition) is 2. The van der Waals surface area contributed by atoms with Crippen molar-refractivity contribution in [3.05, 3.63) is 35.9 Å². The van der Waals surface area contributed by atoms with Gasteiger partial charge < -0.3 is 5.02 Å². The molecule has 0 saturated heterocycles. The van der Waals surface area contributed by atoms with Crippen molar-refractivity contribution < 1.29 is 24.8 Å². The van der Waals surface area contributed by atoms with Crippen molar-refractivity contribution in [2.75, 3.05) is 0 Å². The summed E-state index contributed by atoms with van der Waals surface area (Å²) in [5.74, 6) is 0. The minimum Gasteiger partial charge on any atom is -0.399 e. The van der Waals surface area contributed by atoms with E-state index in [0.29, 0.717) is 0 Å². The fourth-order valence-corrected chi connectivity index (χ4v) is 0.752. The molecule has 0 radical (unpaired) electrons. The second-order valence-electron chi connectivity index (χ2n) is 2.26. The lowest BCUT2D eigenvalue weighted by Crippen LogP contribution is -2.20. The van der Waals surface area contributed by atoms with Gasteiger partial charge in [0.1, 0.15) is 6.61 Å². The lowest BCUT2D eigenvalue weighted by molar-refractivity contribution is -0.284. The topological polar surface area (TPSA) is 68.2 Å². The van der Waals surface area contributed by atoms with Crippen LogP contribution in [-0.2, 0) is 21.1 Å². The summed E-state index contributed by atoms with van der Waals surface area (Å²) >= 11 is 0. The molecule has 6 heteroatoms. The van der Waals surface area contributed by atoms with Gasteiger partial charge in [0.2, 0.25) is 0 Å². The molecule has 0 unspecified atom stereocenters. The third-order valence-corrected chi connectivity index (χ3v) is 1.31. The molecule has 0 aliphatic heterocycles. The molecule has 70 valence electrons. The van der Waals surface area contributed by atoms with Crippen LogP contribution < -0.4 is 0 Å². The van der Waals surface area contributed by atoms with Gasteiger partial charge >= 0.3 is 7.32 Å². The maximum absolute atomic E-state index is 8.52. The molecule has 0 amide bonds. The van der Waals surface area contributed by atoms with Crippen LogP contribution in [0, 0.1) is 0 Å². The zero-order valence-corrected chi connectivity index (χ0v) is 6.79. The van der Waals surface area contributed by atoms with Gasteiger partial charge in [-0.25, -0.2) is 14.5 Å². The summed E-state index contributed by atoms with van der Waals surface area (Å²) < 4.78 is 0. The molecule has 2 N–H and O–H groups in total. The first-order chi connectivity index (χ1) is 6.33. The van der Waals surface area contributed by atoms with Gasteiger partial charge in [-0.2, -0.15) is 0 Å². The Balaban J connectivity index is 2.20. The molecule has 0 bridgehead atoms. The Bertz CT molecular complexity index is 230. The Labute approximate surface area is 75.5 Å². The minimum absolute atomic E-state index is 0.168. The van der Waals surface area contributed by atoms with E-state index in [9.17, 15) is 0 Å². The Morgan fingerprint density at radius 3 is 2.54 bits per heavy atom. The molecule has 0 atom stereocenters. The van der Waals surface area contributed by atoms with E-state index in [1.165, 1.54) is 0 Å². The summed E-state index contributed by atoms with van der Waals surface area (Å²) in [5, 5.41) is 16.4. The van der Waals surface area contributed by atoms with Gasteiger partial charge in [-0.05, 0) is 5.56 Å². The Kier molecular flexibility index (Phi) is 4.44. The monoisotopic (exact) mass is 184 g/mol. The average Bonchev–Trinajstić information content (AvgIpc) is 2.19. The number of hydrogen-bond acceptors (Lipinski definition) is 5. The van der Waals surface area contributed by atoms with E-state index in [4.69, 9.17) is 10.3 Å². The third kappa shape index (κ3) is 4.02. The minimum atomic E-state index is -1.77. The second-order valence-corrected chi connectivity index (χ2v) is 2.26. The fourth-order valence-electron chi connectivity index (χ4n) is 0.752. The Morgan fingerprint density at radius 1 is 1.23 bits per heavy atom. The first kappa shape index (κ1) is 10.2. The van der Waals surface area contributed by atoms with Gasteiger partial charge in [-0.1, -0.05) is 30.3 Å². The van der Waals surface area contributed by atoms with Crippen LogP contribution in [0.4, 0.5) is 0 Å². The van der Waals surface area contributed by atoms with Gasteiger partial charge in [-0.15, -0.1) is 0 Å². The zero-order valence-electron chi connectivity index (χ0n) is 6.79. The highest BCUT2D eigenvalue weighted by Crippen LogP contribution is 2.00. The molecular formula is C7H9BO5. The molecule has 0 fully saturated rings. The summed E-state index contributed by atoms with van der Waals surface area (Å²) in [4.78, 5) is 12.1. The van der Waals surface area contributed by atoms with Gasteiger partial charge in [0.05, 0.1) is 0 Å². The fraction of sp³-hybridized carbons (Fsp3) is 0.143. The third-order valence-electron chi connectivity index (χ3n) is 1.31. The van der Waals surface area contributed by atoms with E-state index in [1.807, 2.05) is 30.3 Å². The normalized spacial score (nSPS) is 10.0. The molecule has 1 aromatic carbocycles. The van der Waals surface area contributed by atoms with E-state index in [1.54, 1.807) is 0 Å². The van der Waals surface area contributed by atoms with E-state index >= 15 is 0 Å². The van der Waals surface area contributed by atoms with Crippen LogP contribution in [0.5, 0.6) is 0 Å². The highest BCUT2D eigenvalue weighted by molar-refractivity contribution is 6.33. The molecule has 0 aromatic heterocycles. The Hall–Kier alpha value is -0.915. The summed E-state index contributed by atoms with van der Waals surface area (Å²) in [5.41, 5.74) is 0.882. The lowest BCUT2D eigenvalue weighted by Gasteiger charge is -2.03. The van der Waals surface area contributed by atoms with E-state index in [0.717, 1.165) is 5.56 Å². The molecule has 1 rings (SSSR count). The summed E-state index contributed by atoms with van der Waals surface area (Å²) in [6, 6.07) is 9.22. The molecule has 0 heterocycles. The maximum atomic E-state index is 8.52. The molecule has 0 spiro atoms. The zero-order chi connectivity index (χ0) is 9.52. The number of rotatable bonds is 5. The van der Waals surface area contributed by atoms with Crippen LogP contribution in [-0.4, -0.2) is 17.6 Å². The molecular weight excluding hydrogens is 175 g/mol. The maximum Gasteiger partial charge on any atom is 0.693 e. The second kappa shape index (κ2) is 5.68. The van der Waals surface area contributed by atoms with Crippen LogP contribution in [0.2, 0.25) is 0 Å². The first-order valence-electron chi connectivity index (χ1n) is 3.63. The van der Waals surface area contributed by atoms with E-state index < -0.39 is 7.32 Å². The molecule has 5 nitrogen and oxygen atoms in total. The van der Waals surface area contributed by atoms with Crippen LogP contribution in [0.25, 0.3) is 0 Å². The molecule has 0 aliphatic carbocycles. The summed E-state index contributed by atoms with van der Waals surface area (Å²) in [6.07, 6.45) is 0. The van der Waals surface area contributed by atoms with E-state index in [-0.39, 0.29) is 6.61 Å². The van der Waals surface area contributed by atoms with Crippen LogP contribution >= 0.6 is 0 Å². The van der Waals surface area contributed by atoms with Crippen LogP contribution in [0.3, 0.4) is 0 Å². The highest BCUT2D eigenvalue weighted by Gasteiger charge is 2.16. The van der Waals surface area contributed by atoms with Gasteiger partial charge in [-0.3, -0.25) is 5.26 Å². The quantitative estimate of drug-likeness (QED) is 0.398. The van der Waals surface area contributed by atoms with Crippen molar-refractivity contribution >= 4 is 7.32 Å². The lowest BCUT2D eigenvalue weighted by atomic mass is 10.2. The smallest absolute Gasteiger partial charge is 0.399 e. The Morgan fingerprint density at radius 2 is 1.92 bits per heavy atom. The molecule has 1 aromatic rings. The van der Waals surface area contributed by atoms with Gasteiger partial charge in [0.15, 0.2) is 0 Å². The first-order valence-corrected chi connectivity index (χ1v) is 3.63. The van der Waals surface area contributed by atoms with Crippen molar-refractivity contribution in [1.29, 1.82) is 0 Å². The largest absolute Gasteiger partial charge is 0.693 e. The predicted octanol–water partition coefficient (Wildman–Crippen LogP) is 0.602. The number of benzene rings is 1. The highest BCUT2D eigenvalue weighted by atomic mass is 17.2. The van der Waals surface area contributed by atoms with Crippen molar-refractivity contribution in [3.8, 4) is 0 Å². The molecule has 13 heavy (non-hydrogen) atoms. The van der Waals surface area contributed by atoms with Crippen molar-refractivity contribution in [3.63, 3.8) is 0 Å². The molecule has 0 saturated carbocycles.